The molecule has 6 nitrogen and oxygen atoms in total. The van der Waals surface area contributed by atoms with Crippen LogP contribution in [-0.2, 0) is 29.0 Å². The first kappa shape index (κ1) is 22.0. The predicted molar refractivity (Wildman–Crippen MR) is 121 cm³/mol. The third-order valence-electron chi connectivity index (χ3n) is 4.62. The average molecular weight is 452 g/mol. The van der Waals surface area contributed by atoms with Gasteiger partial charge < -0.3 is 10.1 Å². The van der Waals surface area contributed by atoms with Crippen LogP contribution in [0.15, 0.2) is 27.5 Å². The van der Waals surface area contributed by atoms with Crippen molar-refractivity contribution >= 4 is 50.6 Å². The highest BCUT2D eigenvalue weighted by Crippen LogP contribution is 2.30. The molecule has 0 fully saturated rings. The van der Waals surface area contributed by atoms with E-state index in [9.17, 15) is 9.59 Å². The second kappa shape index (κ2) is 9.88. The van der Waals surface area contributed by atoms with E-state index in [1.165, 1.54) is 11.8 Å². The Labute approximate surface area is 182 Å². The van der Waals surface area contributed by atoms with Crippen LogP contribution in [0.3, 0.4) is 0 Å². The van der Waals surface area contributed by atoms with Gasteiger partial charge in [-0.15, -0.1) is 22.7 Å². The van der Waals surface area contributed by atoms with Gasteiger partial charge in [-0.05, 0) is 37.3 Å². The molecule has 0 radical (unpaired) electrons. The molecule has 3 rings (SSSR count). The normalized spacial score (nSPS) is 12.4. The van der Waals surface area contributed by atoms with Crippen molar-refractivity contribution in [3.63, 3.8) is 0 Å². The standard InChI is InChI=1S/C20H25N3O3S3/c1-5-15-12(2)28-18-16(15)19(25)23(8-9-26-4)20(22-18)29-13(3)17(24)21-11-14-7-6-10-27-14/h6-7,10,13H,5,8-9,11H2,1-4H3,(H,21,24)/t13-/m1/s1. The monoisotopic (exact) mass is 451 g/mol. The van der Waals surface area contributed by atoms with Gasteiger partial charge in [-0.1, -0.05) is 24.8 Å². The lowest BCUT2D eigenvalue weighted by Crippen LogP contribution is -2.32. The number of hydrogen-bond donors (Lipinski definition) is 1. The highest BCUT2D eigenvalue weighted by Gasteiger charge is 2.22. The lowest BCUT2D eigenvalue weighted by Gasteiger charge is -2.15. The van der Waals surface area contributed by atoms with Gasteiger partial charge in [-0.25, -0.2) is 4.98 Å². The van der Waals surface area contributed by atoms with Gasteiger partial charge >= 0.3 is 0 Å². The maximum absolute atomic E-state index is 13.2. The number of hydrogen-bond acceptors (Lipinski definition) is 7. The van der Waals surface area contributed by atoms with Crippen molar-refractivity contribution in [2.75, 3.05) is 13.7 Å². The number of carbonyl (C=O) groups excluding carboxylic acids is 1. The molecule has 9 heteroatoms. The van der Waals surface area contributed by atoms with E-state index in [4.69, 9.17) is 9.72 Å². The van der Waals surface area contributed by atoms with Crippen LogP contribution < -0.4 is 10.9 Å². The van der Waals surface area contributed by atoms with Gasteiger partial charge in [0.05, 0.1) is 30.3 Å². The Kier molecular flexibility index (Phi) is 7.50. The van der Waals surface area contributed by atoms with Crippen molar-refractivity contribution in [1.82, 2.24) is 14.9 Å². The van der Waals surface area contributed by atoms with Crippen molar-refractivity contribution in [3.05, 3.63) is 43.2 Å². The molecule has 0 aliphatic heterocycles. The van der Waals surface area contributed by atoms with Crippen molar-refractivity contribution in [3.8, 4) is 0 Å². The Morgan fingerprint density at radius 2 is 2.24 bits per heavy atom. The van der Waals surface area contributed by atoms with E-state index in [1.807, 2.05) is 31.4 Å². The van der Waals surface area contributed by atoms with Crippen molar-refractivity contribution in [2.24, 2.45) is 0 Å². The molecule has 1 atom stereocenters. The fraction of sp³-hybridized carbons (Fsp3) is 0.450. The molecule has 0 unspecified atom stereocenters. The third-order valence-corrected chi connectivity index (χ3v) is 7.63. The molecule has 1 amide bonds. The first-order chi connectivity index (χ1) is 14.0. The summed E-state index contributed by atoms with van der Waals surface area (Å²) >= 11 is 4.46. The van der Waals surface area contributed by atoms with Crippen LogP contribution in [0.5, 0.6) is 0 Å². The molecule has 3 heterocycles. The van der Waals surface area contributed by atoms with E-state index >= 15 is 0 Å². The number of ether oxygens (including phenoxy) is 1. The predicted octanol–water partition coefficient (Wildman–Crippen LogP) is 3.83. The van der Waals surface area contributed by atoms with Crippen LogP contribution >= 0.6 is 34.4 Å². The van der Waals surface area contributed by atoms with Gasteiger partial charge in [0.2, 0.25) is 5.91 Å². The van der Waals surface area contributed by atoms with Gasteiger partial charge in [0.1, 0.15) is 4.83 Å². The zero-order chi connectivity index (χ0) is 21.0. The van der Waals surface area contributed by atoms with Crippen molar-refractivity contribution in [2.45, 2.75) is 50.7 Å². The number of nitrogens with one attached hydrogen (secondary N) is 1. The van der Waals surface area contributed by atoms with Crippen molar-refractivity contribution < 1.29 is 9.53 Å². The number of nitrogens with zero attached hydrogens (tertiary/aromatic N) is 2. The number of thioether (sulfide) groups is 1. The molecule has 0 aliphatic rings. The molecule has 0 aromatic carbocycles. The molecule has 0 bridgehead atoms. The smallest absolute Gasteiger partial charge is 0.263 e. The van der Waals surface area contributed by atoms with E-state index in [1.54, 1.807) is 34.4 Å². The van der Waals surface area contributed by atoms with Crippen LogP contribution in [0.25, 0.3) is 10.2 Å². The summed E-state index contributed by atoms with van der Waals surface area (Å²) in [7, 11) is 1.61. The van der Waals surface area contributed by atoms with E-state index in [0.717, 1.165) is 26.6 Å². The molecule has 0 saturated carbocycles. The number of aryl methyl sites for hydroxylation is 2. The Morgan fingerprint density at radius 1 is 1.45 bits per heavy atom. The third kappa shape index (κ3) is 4.91. The van der Waals surface area contributed by atoms with Gasteiger partial charge in [0.25, 0.3) is 5.56 Å². The zero-order valence-corrected chi connectivity index (χ0v) is 19.4. The summed E-state index contributed by atoms with van der Waals surface area (Å²) in [6.45, 7) is 7.23. The van der Waals surface area contributed by atoms with Crippen molar-refractivity contribution in [1.29, 1.82) is 0 Å². The molecule has 29 heavy (non-hydrogen) atoms. The van der Waals surface area contributed by atoms with Gasteiger partial charge in [0.15, 0.2) is 5.16 Å². The summed E-state index contributed by atoms with van der Waals surface area (Å²) in [5, 5.41) is 5.82. The summed E-state index contributed by atoms with van der Waals surface area (Å²) in [6.07, 6.45) is 0.793. The quantitative estimate of drug-likeness (QED) is 0.395. The van der Waals surface area contributed by atoms with E-state index in [2.05, 4.69) is 12.2 Å². The van der Waals surface area contributed by atoms with Gasteiger partial charge in [-0.2, -0.15) is 0 Å². The van der Waals surface area contributed by atoms with Crippen LogP contribution in [0.2, 0.25) is 0 Å². The number of aromatic nitrogens is 2. The molecule has 3 aromatic rings. The van der Waals surface area contributed by atoms with E-state index < -0.39 is 0 Å². The van der Waals surface area contributed by atoms with Crippen LogP contribution in [0.4, 0.5) is 0 Å². The largest absolute Gasteiger partial charge is 0.383 e. The van der Waals surface area contributed by atoms with Crippen LogP contribution in [-0.4, -0.2) is 34.4 Å². The molecule has 0 aliphatic carbocycles. The number of carbonyl (C=O) groups is 1. The number of thiophene rings is 2. The first-order valence-electron chi connectivity index (χ1n) is 9.44. The fourth-order valence-corrected chi connectivity index (χ4v) is 5.83. The molecule has 156 valence electrons. The molecule has 1 N–H and O–H groups in total. The average Bonchev–Trinajstić information content (AvgIpc) is 3.32. The number of methoxy groups -OCH3 is 1. The van der Waals surface area contributed by atoms with Gasteiger partial charge in [-0.3, -0.25) is 14.2 Å². The zero-order valence-electron chi connectivity index (χ0n) is 17.0. The topological polar surface area (TPSA) is 73.2 Å². The second-order valence-electron chi connectivity index (χ2n) is 6.57. The number of rotatable bonds is 9. The highest BCUT2D eigenvalue weighted by molar-refractivity contribution is 8.00. The summed E-state index contributed by atoms with van der Waals surface area (Å²) < 4.78 is 6.83. The SMILES string of the molecule is CCc1c(C)sc2nc(S[C@H](C)C(=O)NCc3cccs3)n(CCOC)c(=O)c12. The maximum Gasteiger partial charge on any atom is 0.263 e. The Morgan fingerprint density at radius 3 is 2.90 bits per heavy atom. The lowest BCUT2D eigenvalue weighted by atomic mass is 10.1. The summed E-state index contributed by atoms with van der Waals surface area (Å²) in [5.41, 5.74) is 1.01. The van der Waals surface area contributed by atoms with E-state index in [0.29, 0.717) is 30.2 Å². The fourth-order valence-electron chi connectivity index (χ4n) is 3.07. The van der Waals surface area contributed by atoms with Crippen LogP contribution in [0.1, 0.15) is 29.2 Å². The number of fused-ring (bicyclic) bond motifs is 1. The first-order valence-corrected chi connectivity index (χ1v) is 12.0. The maximum atomic E-state index is 13.2. The summed E-state index contributed by atoms with van der Waals surface area (Å²) in [6, 6.07) is 3.95. The molecule has 0 saturated heterocycles. The Balaban J connectivity index is 1.88. The second-order valence-corrected chi connectivity index (χ2v) is 10.1. The summed E-state index contributed by atoms with van der Waals surface area (Å²) in [5.74, 6) is -0.0763. The minimum absolute atomic E-state index is 0.0538. The number of amides is 1. The minimum atomic E-state index is -0.375. The molecule has 3 aromatic heterocycles. The molecule has 0 spiro atoms. The van der Waals surface area contributed by atoms with E-state index in [-0.39, 0.29) is 16.7 Å². The Bertz CT molecular complexity index is 1040. The molecular formula is C20H25N3O3S3. The Hall–Kier alpha value is -1.68. The lowest BCUT2D eigenvalue weighted by molar-refractivity contribution is -0.120. The van der Waals surface area contributed by atoms with Gasteiger partial charge in [0, 0.05) is 16.9 Å². The van der Waals surface area contributed by atoms with Crippen LogP contribution in [0, 0.1) is 6.92 Å². The molecular weight excluding hydrogens is 426 g/mol. The highest BCUT2D eigenvalue weighted by atomic mass is 32.2. The summed E-state index contributed by atoms with van der Waals surface area (Å²) in [4.78, 5) is 33.5. The minimum Gasteiger partial charge on any atom is -0.383 e.